The summed E-state index contributed by atoms with van der Waals surface area (Å²) in [7, 11) is 0. The minimum absolute atomic E-state index is 0.0653. The lowest BCUT2D eigenvalue weighted by atomic mass is 9.99. The zero-order valence-corrected chi connectivity index (χ0v) is 14.4. The average molecular weight is 329 g/mol. The van der Waals surface area contributed by atoms with Crippen LogP contribution in [0.4, 0.5) is 0 Å². The van der Waals surface area contributed by atoms with Crippen molar-refractivity contribution < 1.29 is 13.7 Å². The largest absolute Gasteiger partial charge is 0.466 e. The van der Waals surface area contributed by atoms with E-state index in [4.69, 9.17) is 8.94 Å². The highest BCUT2D eigenvalue weighted by atomic mass is 16.5. The maximum atomic E-state index is 13.0. The molecule has 1 saturated heterocycles. The van der Waals surface area contributed by atoms with Crippen LogP contribution in [0.25, 0.3) is 0 Å². The van der Waals surface area contributed by atoms with Crippen LogP contribution in [0.2, 0.25) is 0 Å². The molecule has 3 heterocycles. The van der Waals surface area contributed by atoms with Gasteiger partial charge in [-0.25, -0.2) is 0 Å². The number of carbonyl (C=O) groups excluding carboxylic acids is 1. The Balaban J connectivity index is 1.54. The fourth-order valence-electron chi connectivity index (χ4n) is 3.64. The van der Waals surface area contributed by atoms with Crippen LogP contribution in [0.3, 0.4) is 0 Å². The van der Waals surface area contributed by atoms with E-state index >= 15 is 0 Å². The molecule has 0 aromatic carbocycles. The van der Waals surface area contributed by atoms with E-state index < -0.39 is 0 Å². The van der Waals surface area contributed by atoms with E-state index in [0.717, 1.165) is 55.2 Å². The summed E-state index contributed by atoms with van der Waals surface area (Å²) in [5.41, 5.74) is 0.968. The maximum absolute atomic E-state index is 13.0. The van der Waals surface area contributed by atoms with E-state index in [9.17, 15) is 4.79 Å². The lowest BCUT2D eigenvalue weighted by molar-refractivity contribution is -0.133. The summed E-state index contributed by atoms with van der Waals surface area (Å²) < 4.78 is 11.0. The molecule has 2 aliphatic rings. The first-order valence-corrected chi connectivity index (χ1v) is 8.75. The Labute approximate surface area is 141 Å². The van der Waals surface area contributed by atoms with Crippen molar-refractivity contribution in [3.8, 4) is 0 Å². The molecule has 24 heavy (non-hydrogen) atoms. The lowest BCUT2D eigenvalue weighted by Crippen LogP contribution is -2.34. The Morgan fingerprint density at radius 2 is 2.12 bits per heavy atom. The zero-order valence-electron chi connectivity index (χ0n) is 14.4. The lowest BCUT2D eigenvalue weighted by Gasteiger charge is -2.25. The van der Waals surface area contributed by atoms with Gasteiger partial charge in [0, 0.05) is 18.0 Å². The topological polar surface area (TPSA) is 72.4 Å². The zero-order chi connectivity index (χ0) is 16.8. The van der Waals surface area contributed by atoms with Crippen LogP contribution in [0.15, 0.2) is 15.0 Å². The van der Waals surface area contributed by atoms with Crippen LogP contribution in [0.5, 0.6) is 0 Å². The first-order valence-electron chi connectivity index (χ1n) is 8.75. The van der Waals surface area contributed by atoms with Gasteiger partial charge in [-0.15, -0.1) is 0 Å². The van der Waals surface area contributed by atoms with E-state index in [1.807, 2.05) is 31.7 Å². The minimum Gasteiger partial charge on any atom is -0.466 e. The van der Waals surface area contributed by atoms with E-state index in [-0.39, 0.29) is 17.9 Å². The molecule has 0 N–H and O–H groups in total. The molecule has 1 saturated carbocycles. The Morgan fingerprint density at radius 1 is 1.33 bits per heavy atom. The predicted octanol–water partition coefficient (Wildman–Crippen LogP) is 3.62. The van der Waals surface area contributed by atoms with Crippen molar-refractivity contribution in [3.05, 3.63) is 34.9 Å². The predicted molar refractivity (Wildman–Crippen MR) is 86.6 cm³/mol. The number of carbonyl (C=O) groups is 1. The van der Waals surface area contributed by atoms with Gasteiger partial charge in [0.15, 0.2) is 5.82 Å². The van der Waals surface area contributed by atoms with Gasteiger partial charge in [-0.3, -0.25) is 4.79 Å². The molecule has 1 aliphatic carbocycles. The summed E-state index contributed by atoms with van der Waals surface area (Å²) in [6.45, 7) is 6.51. The number of rotatable bonds is 4. The molecule has 2 aromatic rings. The fraction of sp³-hybridized carbons (Fsp3) is 0.611. The maximum Gasteiger partial charge on any atom is 0.230 e. The van der Waals surface area contributed by atoms with Crippen molar-refractivity contribution in [2.45, 2.75) is 64.3 Å². The number of furan rings is 1. The second kappa shape index (κ2) is 5.76. The van der Waals surface area contributed by atoms with Crippen molar-refractivity contribution in [3.63, 3.8) is 0 Å². The summed E-state index contributed by atoms with van der Waals surface area (Å²) in [4.78, 5) is 19.5. The van der Waals surface area contributed by atoms with E-state index in [0.29, 0.717) is 11.7 Å². The Hall–Kier alpha value is -2.11. The summed E-state index contributed by atoms with van der Waals surface area (Å²) in [6, 6.07) is 1.90. The Bertz CT molecular complexity index is 759. The first-order chi connectivity index (χ1) is 11.5. The van der Waals surface area contributed by atoms with Gasteiger partial charge < -0.3 is 13.8 Å². The second-order valence-electron chi connectivity index (χ2n) is 7.05. The van der Waals surface area contributed by atoms with Gasteiger partial charge in [0.25, 0.3) is 0 Å². The van der Waals surface area contributed by atoms with Gasteiger partial charge in [0.05, 0.1) is 12.0 Å². The number of nitrogens with zero attached hydrogens (tertiary/aromatic N) is 3. The SMILES string of the molecule is Cc1cc([C@@H](C)C(=O)N2CCC[C@@H]2c2noc(C3CC3)n2)c(C)o1. The number of hydrogen-bond acceptors (Lipinski definition) is 5. The molecular weight excluding hydrogens is 306 g/mol. The molecule has 1 aliphatic heterocycles. The molecule has 2 atom stereocenters. The standard InChI is InChI=1S/C18H23N3O3/c1-10-9-14(12(3)23-10)11(2)18(22)21-8-4-5-15(21)16-19-17(24-20-16)13-6-7-13/h9,11,13,15H,4-8H2,1-3H3/t11-,15-/m1/s1. The Kier molecular flexibility index (Phi) is 3.70. The third kappa shape index (κ3) is 2.64. The molecule has 1 amide bonds. The molecule has 0 radical (unpaired) electrons. The molecule has 0 bridgehead atoms. The Morgan fingerprint density at radius 3 is 2.79 bits per heavy atom. The van der Waals surface area contributed by atoms with Crippen LogP contribution in [0.1, 0.15) is 79.3 Å². The van der Waals surface area contributed by atoms with Crippen LogP contribution in [-0.2, 0) is 4.79 Å². The number of aryl methyl sites for hydroxylation is 2. The van der Waals surface area contributed by atoms with E-state index in [1.165, 1.54) is 0 Å². The van der Waals surface area contributed by atoms with Crippen LogP contribution in [0, 0.1) is 13.8 Å². The smallest absolute Gasteiger partial charge is 0.230 e. The van der Waals surface area contributed by atoms with Crippen molar-refractivity contribution in [1.29, 1.82) is 0 Å². The molecule has 2 fully saturated rings. The highest BCUT2D eigenvalue weighted by Gasteiger charge is 2.38. The summed E-state index contributed by atoms with van der Waals surface area (Å²) >= 11 is 0. The molecule has 2 aromatic heterocycles. The number of hydrogen-bond donors (Lipinski definition) is 0. The van der Waals surface area contributed by atoms with Crippen LogP contribution >= 0.6 is 0 Å². The van der Waals surface area contributed by atoms with Crippen molar-refractivity contribution in [1.82, 2.24) is 15.0 Å². The second-order valence-corrected chi connectivity index (χ2v) is 7.05. The molecule has 6 heteroatoms. The van der Waals surface area contributed by atoms with Crippen LogP contribution < -0.4 is 0 Å². The quantitative estimate of drug-likeness (QED) is 0.856. The van der Waals surface area contributed by atoms with E-state index in [1.54, 1.807) is 0 Å². The monoisotopic (exact) mass is 329 g/mol. The van der Waals surface area contributed by atoms with Gasteiger partial charge in [-0.05, 0) is 52.5 Å². The summed E-state index contributed by atoms with van der Waals surface area (Å²) in [6.07, 6.45) is 4.13. The van der Waals surface area contributed by atoms with Gasteiger partial charge in [0.1, 0.15) is 11.5 Å². The number of aromatic nitrogens is 2. The normalized spacial score (nSPS) is 22.1. The summed E-state index contributed by atoms with van der Waals surface area (Å²) in [5, 5.41) is 4.15. The average Bonchev–Trinajstić information content (AvgIpc) is 2.99. The van der Waals surface area contributed by atoms with Crippen molar-refractivity contribution in [2.75, 3.05) is 6.54 Å². The van der Waals surface area contributed by atoms with Crippen LogP contribution in [-0.4, -0.2) is 27.5 Å². The summed E-state index contributed by atoms with van der Waals surface area (Å²) in [5.74, 6) is 3.38. The minimum atomic E-state index is -0.224. The van der Waals surface area contributed by atoms with Crippen molar-refractivity contribution >= 4 is 5.91 Å². The van der Waals surface area contributed by atoms with Gasteiger partial charge in [0.2, 0.25) is 11.8 Å². The number of likely N-dealkylation sites (tertiary alicyclic amines) is 1. The molecule has 0 spiro atoms. The molecule has 128 valence electrons. The molecular formula is C18H23N3O3. The van der Waals surface area contributed by atoms with Gasteiger partial charge in [-0.2, -0.15) is 4.98 Å². The van der Waals surface area contributed by atoms with Gasteiger partial charge >= 0.3 is 0 Å². The van der Waals surface area contributed by atoms with Gasteiger partial charge in [-0.1, -0.05) is 5.16 Å². The number of amides is 1. The highest BCUT2D eigenvalue weighted by molar-refractivity contribution is 5.84. The third-order valence-corrected chi connectivity index (χ3v) is 5.13. The highest BCUT2D eigenvalue weighted by Crippen LogP contribution is 2.40. The van der Waals surface area contributed by atoms with E-state index in [2.05, 4.69) is 10.1 Å². The third-order valence-electron chi connectivity index (χ3n) is 5.13. The first kappa shape index (κ1) is 15.4. The van der Waals surface area contributed by atoms with Crippen molar-refractivity contribution in [2.24, 2.45) is 0 Å². The molecule has 4 rings (SSSR count). The molecule has 6 nitrogen and oxygen atoms in total. The molecule has 0 unspecified atom stereocenters. The fourth-order valence-corrected chi connectivity index (χ4v) is 3.64.